The molecule has 0 aliphatic carbocycles. The van der Waals surface area contributed by atoms with Gasteiger partial charge in [-0.3, -0.25) is 0 Å². The third kappa shape index (κ3) is 2.87. The van der Waals surface area contributed by atoms with Crippen LogP contribution in [0, 0.1) is 0 Å². The zero-order valence-corrected chi connectivity index (χ0v) is 16.4. The number of allylic oxidation sites excluding steroid dienone is 12. The Kier molecular flexibility index (Phi) is 3.63. The summed E-state index contributed by atoms with van der Waals surface area (Å²) in [5.74, 6) is 0. The maximum Gasteiger partial charge on any atom is 0.0688 e. The van der Waals surface area contributed by atoms with Crippen LogP contribution in [-0.2, 0) is 0 Å². The first-order valence-corrected chi connectivity index (χ1v) is 9.41. The normalized spacial score (nSPS) is 22.7. The molecular formula is C24H20N4. The largest absolute Gasteiger partial charge is 0.249 e. The first kappa shape index (κ1) is 16.8. The molecular weight excluding hydrogens is 344 g/mol. The van der Waals surface area contributed by atoms with Crippen molar-refractivity contribution in [2.24, 2.45) is 20.0 Å². The minimum atomic E-state index is 0.920. The molecule has 5 rings (SSSR count). The highest BCUT2D eigenvalue weighted by Crippen LogP contribution is 2.28. The molecule has 0 radical (unpaired) electrons. The molecule has 8 bridgehead atoms. The number of nitrogens with zero attached hydrogens (tertiary/aromatic N) is 4. The van der Waals surface area contributed by atoms with Gasteiger partial charge < -0.3 is 0 Å². The topological polar surface area (TPSA) is 49.4 Å². The second-order valence-electron chi connectivity index (χ2n) is 7.57. The van der Waals surface area contributed by atoms with E-state index < -0.39 is 0 Å². The molecule has 136 valence electrons. The number of fused-ring (bicyclic) bond motifs is 4. The van der Waals surface area contributed by atoms with Crippen molar-refractivity contribution in [3.8, 4) is 0 Å². The van der Waals surface area contributed by atoms with E-state index in [1.807, 2.05) is 24.3 Å². The fourth-order valence-electron chi connectivity index (χ4n) is 3.66. The Morgan fingerprint density at radius 3 is 0.786 bits per heavy atom. The van der Waals surface area contributed by atoms with E-state index in [-0.39, 0.29) is 0 Å². The SMILES string of the molecule is CC1=CC2=NC1=CC1=NC(=CC3=NC(=CC4=NC(=C2)C(C)=C4)C(C)=C3)C(C)=C1. The van der Waals surface area contributed by atoms with Gasteiger partial charge in [0.25, 0.3) is 0 Å². The number of aliphatic imine (C=N–C) groups is 4. The molecule has 0 saturated carbocycles. The van der Waals surface area contributed by atoms with Crippen molar-refractivity contribution in [1.82, 2.24) is 0 Å². The number of hydrogen-bond donors (Lipinski definition) is 0. The second-order valence-corrected chi connectivity index (χ2v) is 7.57. The summed E-state index contributed by atoms with van der Waals surface area (Å²) in [5, 5.41) is 0. The second kappa shape index (κ2) is 6.06. The summed E-state index contributed by atoms with van der Waals surface area (Å²) in [6, 6.07) is 0. The van der Waals surface area contributed by atoms with E-state index in [0.717, 1.165) is 67.9 Å². The Morgan fingerprint density at radius 1 is 0.357 bits per heavy atom. The smallest absolute Gasteiger partial charge is 0.0688 e. The summed E-state index contributed by atoms with van der Waals surface area (Å²) < 4.78 is 0. The van der Waals surface area contributed by atoms with Crippen molar-refractivity contribution in [2.45, 2.75) is 27.7 Å². The predicted molar refractivity (Wildman–Crippen MR) is 117 cm³/mol. The summed E-state index contributed by atoms with van der Waals surface area (Å²) in [7, 11) is 0. The van der Waals surface area contributed by atoms with Gasteiger partial charge >= 0.3 is 0 Å². The van der Waals surface area contributed by atoms with E-state index in [9.17, 15) is 0 Å². The van der Waals surface area contributed by atoms with E-state index in [4.69, 9.17) is 20.0 Å². The summed E-state index contributed by atoms with van der Waals surface area (Å²) >= 11 is 0. The zero-order chi connectivity index (χ0) is 19.4. The lowest BCUT2D eigenvalue weighted by atomic mass is 10.1. The van der Waals surface area contributed by atoms with Gasteiger partial charge in [-0.25, -0.2) is 20.0 Å². The molecule has 5 aliphatic rings. The van der Waals surface area contributed by atoms with E-state index in [1.165, 1.54) is 0 Å². The van der Waals surface area contributed by atoms with Crippen molar-refractivity contribution < 1.29 is 0 Å². The molecule has 0 amide bonds. The van der Waals surface area contributed by atoms with Gasteiger partial charge in [-0.05, 0) is 98.6 Å². The Balaban J connectivity index is 1.71. The molecule has 0 aromatic heterocycles. The van der Waals surface area contributed by atoms with Crippen molar-refractivity contribution >= 4 is 22.8 Å². The van der Waals surface area contributed by atoms with E-state index in [1.54, 1.807) is 0 Å². The average Bonchev–Trinajstić information content (AvgIpc) is 3.33. The predicted octanol–water partition coefficient (Wildman–Crippen LogP) is 5.14. The van der Waals surface area contributed by atoms with Crippen molar-refractivity contribution in [2.75, 3.05) is 0 Å². The highest BCUT2D eigenvalue weighted by molar-refractivity contribution is 6.16. The summed E-state index contributed by atoms with van der Waals surface area (Å²) in [5.41, 5.74) is 12.0. The highest BCUT2D eigenvalue weighted by Gasteiger charge is 2.18. The van der Waals surface area contributed by atoms with Crippen molar-refractivity contribution in [1.29, 1.82) is 0 Å². The molecule has 0 fully saturated rings. The van der Waals surface area contributed by atoms with Crippen LogP contribution >= 0.6 is 0 Å². The van der Waals surface area contributed by atoms with Crippen LogP contribution in [0.25, 0.3) is 0 Å². The quantitative estimate of drug-likeness (QED) is 0.571. The van der Waals surface area contributed by atoms with Crippen molar-refractivity contribution in [3.63, 3.8) is 0 Å². The zero-order valence-electron chi connectivity index (χ0n) is 16.4. The number of rotatable bonds is 0. The Labute approximate surface area is 164 Å². The Bertz CT molecular complexity index is 1020. The molecule has 0 saturated heterocycles. The van der Waals surface area contributed by atoms with Gasteiger partial charge in [0.05, 0.1) is 45.6 Å². The maximum absolute atomic E-state index is 4.78. The van der Waals surface area contributed by atoms with Crippen molar-refractivity contribution in [3.05, 3.63) is 93.7 Å². The van der Waals surface area contributed by atoms with Crippen LogP contribution < -0.4 is 0 Å². The summed E-state index contributed by atoms with van der Waals surface area (Å²) in [6.45, 7) is 8.32. The van der Waals surface area contributed by atoms with Gasteiger partial charge in [0.15, 0.2) is 0 Å². The fourth-order valence-corrected chi connectivity index (χ4v) is 3.66. The number of hydrogen-bond acceptors (Lipinski definition) is 4. The fraction of sp³-hybridized carbons (Fsp3) is 0.167. The Hall–Kier alpha value is -3.40. The molecule has 4 nitrogen and oxygen atoms in total. The van der Waals surface area contributed by atoms with E-state index in [0.29, 0.717) is 0 Å². The summed E-state index contributed by atoms with van der Waals surface area (Å²) in [4.78, 5) is 19.1. The standard InChI is InChI=1S/C24H20N4/c1-13-5-17-10-22-15(3)7-19(27-22)12-24-16(4)8-20(28-24)11-23-14(2)6-18(26-23)9-21(13)25-17/h5-12H,1-4H3. The first-order valence-electron chi connectivity index (χ1n) is 9.41. The third-order valence-electron chi connectivity index (χ3n) is 5.21. The van der Waals surface area contributed by atoms with Gasteiger partial charge in [-0.15, -0.1) is 0 Å². The minimum absolute atomic E-state index is 0.920. The van der Waals surface area contributed by atoms with Crippen LogP contribution in [0.15, 0.2) is 114 Å². The highest BCUT2D eigenvalue weighted by atomic mass is 14.8. The molecule has 0 unspecified atom stereocenters. The van der Waals surface area contributed by atoms with Crippen LogP contribution in [0.4, 0.5) is 0 Å². The molecule has 28 heavy (non-hydrogen) atoms. The van der Waals surface area contributed by atoms with Crippen LogP contribution in [-0.4, -0.2) is 22.8 Å². The third-order valence-corrected chi connectivity index (χ3v) is 5.21. The molecule has 0 atom stereocenters. The van der Waals surface area contributed by atoms with Crippen LogP contribution in [0.2, 0.25) is 0 Å². The van der Waals surface area contributed by atoms with Gasteiger partial charge in [0.1, 0.15) is 0 Å². The van der Waals surface area contributed by atoms with Gasteiger partial charge in [-0.1, -0.05) is 0 Å². The monoisotopic (exact) mass is 364 g/mol. The van der Waals surface area contributed by atoms with Gasteiger partial charge in [0, 0.05) is 0 Å². The van der Waals surface area contributed by atoms with Gasteiger partial charge in [0.2, 0.25) is 0 Å². The Morgan fingerprint density at radius 2 is 0.571 bits per heavy atom. The lowest BCUT2D eigenvalue weighted by molar-refractivity contribution is 1.31. The molecule has 0 aromatic carbocycles. The minimum Gasteiger partial charge on any atom is -0.249 e. The van der Waals surface area contributed by atoms with Gasteiger partial charge in [-0.2, -0.15) is 0 Å². The molecule has 0 spiro atoms. The lowest BCUT2D eigenvalue weighted by Gasteiger charge is -1.97. The maximum atomic E-state index is 4.78. The summed E-state index contributed by atoms with van der Waals surface area (Å²) in [6.07, 6.45) is 16.6. The molecule has 0 aromatic rings. The van der Waals surface area contributed by atoms with Crippen LogP contribution in [0.1, 0.15) is 27.7 Å². The van der Waals surface area contributed by atoms with Crippen LogP contribution in [0.3, 0.4) is 0 Å². The molecule has 0 N–H and O–H groups in total. The first-order chi connectivity index (χ1) is 13.4. The molecule has 5 aliphatic heterocycles. The van der Waals surface area contributed by atoms with Crippen LogP contribution in [0.5, 0.6) is 0 Å². The molecule has 5 heterocycles. The average molecular weight is 364 g/mol. The molecule has 4 heteroatoms. The lowest BCUT2D eigenvalue weighted by Crippen LogP contribution is -1.90. The van der Waals surface area contributed by atoms with E-state index in [2.05, 4.69) is 52.0 Å². The van der Waals surface area contributed by atoms with E-state index >= 15 is 0 Å².